The molecule has 1 aliphatic heterocycles. The van der Waals surface area contributed by atoms with Gasteiger partial charge in [-0.05, 0) is 38.1 Å². The van der Waals surface area contributed by atoms with E-state index < -0.39 is 0 Å². The second-order valence-corrected chi connectivity index (χ2v) is 6.05. The van der Waals surface area contributed by atoms with E-state index in [-0.39, 0.29) is 18.1 Å². The molecule has 1 fully saturated rings. The van der Waals surface area contributed by atoms with Crippen LogP contribution >= 0.6 is 0 Å². The fourth-order valence-electron chi connectivity index (χ4n) is 2.34. The number of hydrogen-bond acceptors (Lipinski definition) is 3. The molecule has 2 heterocycles. The summed E-state index contributed by atoms with van der Waals surface area (Å²) in [7, 11) is 0. The van der Waals surface area contributed by atoms with Gasteiger partial charge in [-0.25, -0.2) is 4.98 Å². The van der Waals surface area contributed by atoms with Crippen molar-refractivity contribution in [2.45, 2.75) is 19.4 Å². The highest BCUT2D eigenvalue weighted by Crippen LogP contribution is 2.22. The van der Waals surface area contributed by atoms with E-state index in [4.69, 9.17) is 4.74 Å². The maximum Gasteiger partial charge on any atom is 0.254 e. The Kier molecular flexibility index (Phi) is 4.14. The summed E-state index contributed by atoms with van der Waals surface area (Å²) in [5.74, 6) is 6.74. The molecule has 0 radical (unpaired) electrons. The van der Waals surface area contributed by atoms with Crippen LogP contribution in [0.4, 0.5) is 5.82 Å². The first kappa shape index (κ1) is 15.3. The van der Waals surface area contributed by atoms with Crippen LogP contribution in [0.25, 0.3) is 0 Å². The van der Waals surface area contributed by atoms with Gasteiger partial charge in [0.25, 0.3) is 5.91 Å². The highest BCUT2D eigenvalue weighted by molar-refractivity contribution is 5.94. The molecule has 1 saturated heterocycles. The van der Waals surface area contributed by atoms with Crippen LogP contribution in [-0.4, -0.2) is 29.6 Å². The summed E-state index contributed by atoms with van der Waals surface area (Å²) in [5.41, 5.74) is 1.42. The predicted octanol–water partition coefficient (Wildman–Crippen LogP) is 2.62. The number of amides is 1. The first-order valence-electron chi connectivity index (χ1n) is 7.51. The van der Waals surface area contributed by atoms with Crippen molar-refractivity contribution in [3.8, 4) is 11.8 Å². The van der Waals surface area contributed by atoms with Crippen LogP contribution in [-0.2, 0) is 9.53 Å². The number of carbonyl (C=O) groups excluding carboxylic acids is 1. The third-order valence-electron chi connectivity index (χ3n) is 3.58. The molecule has 1 aromatic heterocycles. The zero-order chi connectivity index (χ0) is 16.3. The van der Waals surface area contributed by atoms with Crippen molar-refractivity contribution in [1.29, 1.82) is 0 Å². The summed E-state index contributed by atoms with van der Waals surface area (Å²) in [6.07, 6.45) is 1.70. The third-order valence-corrected chi connectivity index (χ3v) is 3.58. The number of nitrogens with zero attached hydrogens (tertiary/aromatic N) is 2. The van der Waals surface area contributed by atoms with Crippen molar-refractivity contribution in [3.63, 3.8) is 0 Å². The lowest BCUT2D eigenvalue weighted by Gasteiger charge is -2.37. The number of hydrogen-bond donors (Lipinski definition) is 0. The number of pyridine rings is 1. The predicted molar refractivity (Wildman–Crippen MR) is 89.0 cm³/mol. The van der Waals surface area contributed by atoms with E-state index in [9.17, 15) is 4.79 Å². The monoisotopic (exact) mass is 306 g/mol. The zero-order valence-electron chi connectivity index (χ0n) is 13.2. The van der Waals surface area contributed by atoms with Crippen LogP contribution in [0.2, 0.25) is 0 Å². The summed E-state index contributed by atoms with van der Waals surface area (Å²) in [6.45, 7) is 4.51. The Morgan fingerprint density at radius 3 is 2.52 bits per heavy atom. The van der Waals surface area contributed by atoms with Gasteiger partial charge in [0, 0.05) is 17.3 Å². The Morgan fingerprint density at radius 1 is 1.09 bits per heavy atom. The van der Waals surface area contributed by atoms with Gasteiger partial charge in [-0.15, -0.1) is 0 Å². The number of ether oxygens (including phenoxy) is 1. The quantitative estimate of drug-likeness (QED) is 0.761. The van der Waals surface area contributed by atoms with E-state index in [0.29, 0.717) is 12.4 Å². The van der Waals surface area contributed by atoms with Crippen molar-refractivity contribution in [2.75, 3.05) is 18.1 Å². The summed E-state index contributed by atoms with van der Waals surface area (Å²) >= 11 is 0. The fourth-order valence-corrected chi connectivity index (χ4v) is 2.34. The molecule has 0 aliphatic carbocycles. The molecule has 0 saturated carbocycles. The lowest BCUT2D eigenvalue weighted by molar-refractivity contribution is -0.135. The molecule has 0 atom stereocenters. The van der Waals surface area contributed by atoms with Gasteiger partial charge >= 0.3 is 0 Å². The van der Waals surface area contributed by atoms with Crippen molar-refractivity contribution in [3.05, 3.63) is 59.8 Å². The molecule has 23 heavy (non-hydrogen) atoms. The first-order chi connectivity index (χ1) is 11.0. The molecule has 3 rings (SSSR count). The Bertz CT molecular complexity index is 755. The number of benzene rings is 1. The molecule has 116 valence electrons. The molecule has 1 aliphatic rings. The average Bonchev–Trinajstić information content (AvgIpc) is 2.57. The Hall–Kier alpha value is -2.64. The van der Waals surface area contributed by atoms with Gasteiger partial charge in [0.2, 0.25) is 0 Å². The summed E-state index contributed by atoms with van der Waals surface area (Å²) in [5, 5.41) is 0. The zero-order valence-corrected chi connectivity index (χ0v) is 13.2. The maximum absolute atomic E-state index is 12.0. The van der Waals surface area contributed by atoms with E-state index in [1.54, 1.807) is 11.1 Å². The Labute approximate surface area is 136 Å². The standard InChI is InChI=1S/C19H18N2O2/c1-19(2)14-21(18(22)13-23-19)17-11-10-16(12-20-17)9-8-15-6-4-3-5-7-15/h3-7,10-12H,13-14H2,1-2H3. The third kappa shape index (κ3) is 3.77. The second-order valence-electron chi connectivity index (χ2n) is 6.05. The highest BCUT2D eigenvalue weighted by Gasteiger charge is 2.33. The van der Waals surface area contributed by atoms with E-state index in [2.05, 4.69) is 16.8 Å². The van der Waals surface area contributed by atoms with Gasteiger partial charge in [-0.2, -0.15) is 0 Å². The topological polar surface area (TPSA) is 42.4 Å². The van der Waals surface area contributed by atoms with Crippen molar-refractivity contribution < 1.29 is 9.53 Å². The Balaban J connectivity index is 1.77. The summed E-state index contributed by atoms with van der Waals surface area (Å²) < 4.78 is 5.50. The largest absolute Gasteiger partial charge is 0.364 e. The van der Waals surface area contributed by atoms with Crippen LogP contribution in [0.15, 0.2) is 48.7 Å². The first-order valence-corrected chi connectivity index (χ1v) is 7.51. The van der Waals surface area contributed by atoms with Crippen LogP contribution < -0.4 is 4.90 Å². The fraction of sp³-hybridized carbons (Fsp3) is 0.263. The molecular formula is C19H18N2O2. The van der Waals surface area contributed by atoms with Gasteiger partial charge < -0.3 is 4.74 Å². The van der Waals surface area contributed by atoms with Crippen LogP contribution in [0.1, 0.15) is 25.0 Å². The molecular weight excluding hydrogens is 288 g/mol. The number of carbonyl (C=O) groups is 1. The molecule has 1 aromatic carbocycles. The molecule has 2 aromatic rings. The lowest BCUT2D eigenvalue weighted by Crippen LogP contribution is -2.52. The molecule has 4 nitrogen and oxygen atoms in total. The molecule has 0 bridgehead atoms. The molecule has 0 unspecified atom stereocenters. The van der Waals surface area contributed by atoms with Gasteiger partial charge in [0.1, 0.15) is 12.4 Å². The summed E-state index contributed by atoms with van der Waals surface area (Å²) in [4.78, 5) is 18.1. The highest BCUT2D eigenvalue weighted by atomic mass is 16.5. The van der Waals surface area contributed by atoms with Crippen LogP contribution in [0.3, 0.4) is 0 Å². The molecule has 0 spiro atoms. The maximum atomic E-state index is 12.0. The number of anilines is 1. The van der Waals surface area contributed by atoms with Gasteiger partial charge in [-0.1, -0.05) is 30.0 Å². The van der Waals surface area contributed by atoms with Crippen molar-refractivity contribution >= 4 is 11.7 Å². The van der Waals surface area contributed by atoms with E-state index >= 15 is 0 Å². The van der Waals surface area contributed by atoms with Gasteiger partial charge in [0.15, 0.2) is 0 Å². The number of rotatable bonds is 1. The van der Waals surface area contributed by atoms with Crippen LogP contribution in [0.5, 0.6) is 0 Å². The molecule has 0 N–H and O–H groups in total. The smallest absolute Gasteiger partial charge is 0.254 e. The number of aromatic nitrogens is 1. The molecule has 4 heteroatoms. The van der Waals surface area contributed by atoms with E-state index in [1.807, 2.05) is 56.3 Å². The number of morpholine rings is 1. The summed E-state index contributed by atoms with van der Waals surface area (Å²) in [6, 6.07) is 13.5. The van der Waals surface area contributed by atoms with Gasteiger partial charge in [-0.3, -0.25) is 9.69 Å². The molecule has 1 amide bonds. The van der Waals surface area contributed by atoms with Crippen molar-refractivity contribution in [2.24, 2.45) is 0 Å². The second kappa shape index (κ2) is 6.23. The minimum Gasteiger partial charge on any atom is -0.364 e. The SMILES string of the molecule is CC1(C)CN(c2ccc(C#Cc3ccccc3)cn2)C(=O)CO1. The minimum atomic E-state index is -0.360. The average molecular weight is 306 g/mol. The minimum absolute atomic E-state index is 0.0695. The van der Waals surface area contributed by atoms with Gasteiger partial charge in [0.05, 0.1) is 12.1 Å². The van der Waals surface area contributed by atoms with Crippen LogP contribution in [0, 0.1) is 11.8 Å². The van der Waals surface area contributed by atoms with E-state index in [1.165, 1.54) is 0 Å². The normalized spacial score (nSPS) is 16.6. The lowest BCUT2D eigenvalue weighted by atomic mass is 10.1. The Morgan fingerprint density at radius 2 is 1.83 bits per heavy atom. The van der Waals surface area contributed by atoms with E-state index in [0.717, 1.165) is 11.1 Å². The van der Waals surface area contributed by atoms with Crippen molar-refractivity contribution in [1.82, 2.24) is 4.98 Å².